The Hall–Kier alpha value is -1.39. The largest absolute Gasteiger partial charge is 0.466 e. The molecule has 5 nitrogen and oxygen atoms in total. The summed E-state index contributed by atoms with van der Waals surface area (Å²) >= 11 is 0. The molecule has 0 amide bonds. The predicted molar refractivity (Wildman–Crippen MR) is 117 cm³/mol. The van der Waals surface area contributed by atoms with Crippen LogP contribution in [-0.2, 0) is 23.9 Å². The van der Waals surface area contributed by atoms with Crippen molar-refractivity contribution >= 4 is 17.7 Å². The lowest BCUT2D eigenvalue weighted by atomic mass is 9.42. The highest BCUT2D eigenvalue weighted by molar-refractivity contribution is 5.80. The van der Waals surface area contributed by atoms with E-state index in [0.717, 1.165) is 44.9 Å². The fourth-order valence-electron chi connectivity index (χ4n) is 8.75. The van der Waals surface area contributed by atoms with Gasteiger partial charge in [-0.15, -0.1) is 0 Å². The smallest absolute Gasteiger partial charge is 0.302 e. The first-order chi connectivity index (χ1) is 14.6. The van der Waals surface area contributed by atoms with Crippen LogP contribution in [0.3, 0.4) is 0 Å². The molecule has 31 heavy (non-hydrogen) atoms. The van der Waals surface area contributed by atoms with Crippen molar-refractivity contribution < 1.29 is 23.9 Å². The van der Waals surface area contributed by atoms with E-state index in [-0.39, 0.29) is 28.9 Å². The molecule has 0 aromatic heterocycles. The minimum absolute atomic E-state index is 0.00928. The number of hydrogen-bond acceptors (Lipinski definition) is 5. The summed E-state index contributed by atoms with van der Waals surface area (Å²) in [6, 6.07) is 0. The van der Waals surface area contributed by atoms with Crippen LogP contribution in [0.25, 0.3) is 0 Å². The molecule has 0 aliphatic heterocycles. The lowest BCUT2D eigenvalue weighted by Gasteiger charge is -2.62. The summed E-state index contributed by atoms with van der Waals surface area (Å²) < 4.78 is 11.2. The van der Waals surface area contributed by atoms with Crippen LogP contribution in [0.1, 0.15) is 86.0 Å². The summed E-state index contributed by atoms with van der Waals surface area (Å²) in [6.45, 7) is 10.5. The normalized spacial score (nSPS) is 46.5. The molecule has 4 aliphatic rings. The maximum absolute atomic E-state index is 12.3. The average Bonchev–Trinajstić information content (AvgIpc) is 2.94. The Morgan fingerprint density at radius 1 is 1.06 bits per heavy atom. The molecule has 4 fully saturated rings. The van der Waals surface area contributed by atoms with E-state index in [0.29, 0.717) is 47.9 Å². The van der Waals surface area contributed by atoms with Gasteiger partial charge in [-0.05, 0) is 79.4 Å². The van der Waals surface area contributed by atoms with Crippen molar-refractivity contribution in [3.8, 4) is 0 Å². The Morgan fingerprint density at radius 2 is 1.81 bits per heavy atom. The fraction of sp³-hybridized carbons (Fsp3) is 0.885. The average molecular weight is 433 g/mol. The third-order valence-corrected chi connectivity index (χ3v) is 10.2. The first-order valence-corrected chi connectivity index (χ1v) is 12.4. The monoisotopic (exact) mass is 432 g/mol. The predicted octanol–water partition coefficient (Wildman–Crippen LogP) is 4.96. The van der Waals surface area contributed by atoms with Crippen molar-refractivity contribution in [2.45, 2.75) is 92.1 Å². The molecular weight excluding hydrogens is 392 g/mol. The molecule has 4 aliphatic carbocycles. The van der Waals surface area contributed by atoms with Gasteiger partial charge in [0.15, 0.2) is 0 Å². The Labute approximate surface area is 187 Å². The van der Waals surface area contributed by atoms with E-state index in [1.54, 1.807) is 0 Å². The Kier molecular flexibility index (Phi) is 6.02. The van der Waals surface area contributed by atoms with Crippen molar-refractivity contribution in [3.05, 3.63) is 0 Å². The van der Waals surface area contributed by atoms with Gasteiger partial charge in [-0.1, -0.05) is 20.8 Å². The van der Waals surface area contributed by atoms with Crippen molar-refractivity contribution in [1.82, 2.24) is 0 Å². The van der Waals surface area contributed by atoms with E-state index in [2.05, 4.69) is 20.8 Å². The fourth-order valence-corrected chi connectivity index (χ4v) is 8.75. The molecule has 4 saturated carbocycles. The summed E-state index contributed by atoms with van der Waals surface area (Å²) in [6.07, 6.45) is 7.70. The zero-order chi connectivity index (χ0) is 22.6. The summed E-state index contributed by atoms with van der Waals surface area (Å²) in [4.78, 5) is 35.6. The van der Waals surface area contributed by atoms with Crippen molar-refractivity contribution in [2.75, 3.05) is 6.61 Å². The van der Waals surface area contributed by atoms with E-state index in [9.17, 15) is 14.4 Å². The molecule has 0 bridgehead atoms. The molecule has 0 radical (unpaired) electrons. The van der Waals surface area contributed by atoms with Gasteiger partial charge in [0, 0.05) is 32.1 Å². The number of carbonyl (C=O) groups is 3. The molecule has 0 saturated heterocycles. The second-order valence-corrected chi connectivity index (χ2v) is 11.6. The van der Waals surface area contributed by atoms with Gasteiger partial charge < -0.3 is 9.47 Å². The summed E-state index contributed by atoms with van der Waals surface area (Å²) in [5.41, 5.74) is 0.211. The van der Waals surface area contributed by atoms with Gasteiger partial charge in [-0.3, -0.25) is 14.4 Å². The molecule has 0 heterocycles. The van der Waals surface area contributed by atoms with Gasteiger partial charge in [-0.25, -0.2) is 0 Å². The summed E-state index contributed by atoms with van der Waals surface area (Å²) in [5, 5.41) is 0. The Balaban J connectivity index is 1.63. The van der Waals surface area contributed by atoms with Crippen LogP contribution in [0.2, 0.25) is 0 Å². The van der Waals surface area contributed by atoms with Gasteiger partial charge >= 0.3 is 11.9 Å². The molecule has 9 atom stereocenters. The molecule has 4 rings (SSSR count). The molecule has 4 unspecified atom stereocenters. The molecular formula is C26H40O5. The Bertz CT molecular complexity index is 746. The number of esters is 2. The maximum Gasteiger partial charge on any atom is 0.302 e. The van der Waals surface area contributed by atoms with Crippen LogP contribution in [0.4, 0.5) is 0 Å². The van der Waals surface area contributed by atoms with Gasteiger partial charge in [0.1, 0.15) is 11.9 Å². The van der Waals surface area contributed by atoms with Gasteiger partial charge in [-0.2, -0.15) is 0 Å². The minimum atomic E-state index is -0.229. The third kappa shape index (κ3) is 3.74. The lowest BCUT2D eigenvalue weighted by Crippen LogP contribution is -2.57. The van der Waals surface area contributed by atoms with Crippen molar-refractivity contribution in [1.29, 1.82) is 0 Å². The highest BCUT2D eigenvalue weighted by atomic mass is 16.5. The first kappa shape index (κ1) is 22.8. The van der Waals surface area contributed by atoms with Crippen LogP contribution >= 0.6 is 0 Å². The number of hydrogen-bond donors (Lipinski definition) is 0. The quantitative estimate of drug-likeness (QED) is 0.588. The molecule has 0 N–H and O–H groups in total. The SMILES string of the molecule is CC(=O)OCCC1CC(OC(C)=O)[C@@]2(C)CC[C@@H]3[C@@H](CCC4CC(=O)CC(C)[C@@]43C)[C@H]12. The molecule has 5 heteroatoms. The minimum Gasteiger partial charge on any atom is -0.466 e. The van der Waals surface area contributed by atoms with E-state index in [1.165, 1.54) is 20.3 Å². The Morgan fingerprint density at radius 3 is 2.48 bits per heavy atom. The van der Waals surface area contributed by atoms with Gasteiger partial charge in [0.2, 0.25) is 0 Å². The van der Waals surface area contributed by atoms with Crippen LogP contribution in [0.5, 0.6) is 0 Å². The number of carbonyl (C=O) groups excluding carboxylic acids is 3. The standard InChI is InChI=1S/C26H40O5/c1-15-12-20(29)14-19-6-7-21-22(26(15,19)5)8-10-25(4)23(31-17(3)28)13-18(24(21)25)9-11-30-16(2)27/h15,18-19,21-24H,6-14H2,1-5H3/t15?,18?,19?,21-,22-,23?,24+,25-,26+/m1/s1. The number of ether oxygens (including phenoxy) is 2. The summed E-state index contributed by atoms with van der Waals surface area (Å²) in [5.74, 6) is 3.08. The van der Waals surface area contributed by atoms with Gasteiger partial charge in [0.05, 0.1) is 6.61 Å². The second kappa shape index (κ2) is 8.19. The topological polar surface area (TPSA) is 69.7 Å². The van der Waals surface area contributed by atoms with Crippen molar-refractivity contribution in [2.24, 2.45) is 46.3 Å². The van der Waals surface area contributed by atoms with Gasteiger partial charge in [0.25, 0.3) is 0 Å². The van der Waals surface area contributed by atoms with Crippen molar-refractivity contribution in [3.63, 3.8) is 0 Å². The first-order valence-electron chi connectivity index (χ1n) is 12.4. The van der Waals surface area contributed by atoms with E-state index in [1.807, 2.05) is 0 Å². The highest BCUT2D eigenvalue weighted by Gasteiger charge is 2.64. The zero-order valence-corrected chi connectivity index (χ0v) is 19.9. The maximum atomic E-state index is 12.3. The number of rotatable bonds is 4. The third-order valence-electron chi connectivity index (χ3n) is 10.2. The number of ketones is 1. The number of fused-ring (bicyclic) bond motifs is 5. The van der Waals surface area contributed by atoms with Crippen LogP contribution in [-0.4, -0.2) is 30.4 Å². The van der Waals surface area contributed by atoms with Crippen LogP contribution in [0.15, 0.2) is 0 Å². The molecule has 0 aromatic rings. The highest BCUT2D eigenvalue weighted by Crippen LogP contribution is 2.68. The zero-order valence-electron chi connectivity index (χ0n) is 19.9. The number of Topliss-reactive ketones (excluding diaryl/α,β-unsaturated/α-hetero) is 1. The summed E-state index contributed by atoms with van der Waals surface area (Å²) in [7, 11) is 0. The molecule has 0 spiro atoms. The van der Waals surface area contributed by atoms with Crippen LogP contribution < -0.4 is 0 Å². The molecule has 0 aromatic carbocycles. The molecule has 174 valence electrons. The lowest BCUT2D eigenvalue weighted by molar-refractivity contribution is -0.169. The van der Waals surface area contributed by atoms with E-state index < -0.39 is 0 Å². The van der Waals surface area contributed by atoms with E-state index >= 15 is 0 Å². The van der Waals surface area contributed by atoms with Crippen LogP contribution in [0, 0.1) is 46.3 Å². The second-order valence-electron chi connectivity index (χ2n) is 11.6. The van der Waals surface area contributed by atoms with E-state index in [4.69, 9.17) is 9.47 Å².